The van der Waals surface area contributed by atoms with Gasteiger partial charge in [0.05, 0.1) is 5.92 Å². The Morgan fingerprint density at radius 1 is 1.19 bits per heavy atom. The molecule has 0 saturated carbocycles. The fourth-order valence-corrected chi connectivity index (χ4v) is 3.35. The number of carbonyl (C=O) groups excluding carboxylic acids is 2. The number of rotatable bonds is 4. The standard InChI is InChI=1S/C19H17ClN2O4/c20-14-2-1-3-15(8-14)22-10-13(7-18(22)23)19(24)21-9-12-4-5-16-17(6-12)26-11-25-16/h1-6,8,13H,7,9-11H2,(H,21,24)/t13-/m1/s1. The number of carbonyl (C=O) groups is 2. The molecule has 2 aliphatic heterocycles. The first kappa shape index (κ1) is 16.7. The maximum absolute atomic E-state index is 12.5. The van der Waals surface area contributed by atoms with Gasteiger partial charge in [-0.1, -0.05) is 23.7 Å². The first-order valence-electron chi connectivity index (χ1n) is 8.32. The third-order valence-corrected chi connectivity index (χ3v) is 4.75. The molecular formula is C19H17ClN2O4. The highest BCUT2D eigenvalue weighted by molar-refractivity contribution is 6.31. The number of hydrogen-bond acceptors (Lipinski definition) is 4. The van der Waals surface area contributed by atoms with E-state index in [-0.39, 0.29) is 30.9 Å². The number of amides is 2. The molecule has 2 heterocycles. The van der Waals surface area contributed by atoms with Gasteiger partial charge in [-0.15, -0.1) is 0 Å². The Balaban J connectivity index is 1.37. The maximum atomic E-state index is 12.5. The molecule has 0 aliphatic carbocycles. The van der Waals surface area contributed by atoms with E-state index in [1.54, 1.807) is 23.1 Å². The number of ether oxygens (including phenoxy) is 2. The summed E-state index contributed by atoms with van der Waals surface area (Å²) in [6.45, 7) is 0.943. The molecule has 6 nitrogen and oxygen atoms in total. The summed E-state index contributed by atoms with van der Waals surface area (Å²) in [7, 11) is 0. The number of halogens is 1. The molecule has 2 aromatic carbocycles. The molecule has 1 saturated heterocycles. The Morgan fingerprint density at radius 3 is 2.88 bits per heavy atom. The summed E-state index contributed by atoms with van der Waals surface area (Å²) in [4.78, 5) is 26.4. The van der Waals surface area contributed by atoms with Crippen LogP contribution in [0, 0.1) is 5.92 Å². The van der Waals surface area contributed by atoms with Crippen molar-refractivity contribution >= 4 is 29.1 Å². The number of hydrogen-bond donors (Lipinski definition) is 1. The number of anilines is 1. The smallest absolute Gasteiger partial charge is 0.231 e. The van der Waals surface area contributed by atoms with Gasteiger partial charge >= 0.3 is 0 Å². The topological polar surface area (TPSA) is 67.9 Å². The third-order valence-electron chi connectivity index (χ3n) is 4.52. The van der Waals surface area contributed by atoms with Gasteiger partial charge in [0.25, 0.3) is 0 Å². The van der Waals surface area contributed by atoms with Crippen LogP contribution < -0.4 is 19.7 Å². The van der Waals surface area contributed by atoms with Gasteiger partial charge < -0.3 is 19.7 Å². The van der Waals surface area contributed by atoms with Gasteiger partial charge in [-0.3, -0.25) is 9.59 Å². The van der Waals surface area contributed by atoms with Crippen LogP contribution in [-0.4, -0.2) is 25.2 Å². The number of nitrogens with one attached hydrogen (secondary N) is 1. The zero-order valence-corrected chi connectivity index (χ0v) is 14.7. The monoisotopic (exact) mass is 372 g/mol. The summed E-state index contributed by atoms with van der Waals surface area (Å²) in [6, 6.07) is 12.6. The lowest BCUT2D eigenvalue weighted by atomic mass is 10.1. The summed E-state index contributed by atoms with van der Waals surface area (Å²) < 4.78 is 10.6. The van der Waals surface area contributed by atoms with Crippen molar-refractivity contribution in [1.29, 1.82) is 0 Å². The molecule has 7 heteroatoms. The Hall–Kier alpha value is -2.73. The molecule has 2 aromatic rings. The second kappa shape index (κ2) is 6.88. The number of fused-ring (bicyclic) bond motifs is 1. The Labute approximate surface area is 155 Å². The van der Waals surface area contributed by atoms with E-state index in [2.05, 4.69) is 5.32 Å². The molecule has 134 valence electrons. The highest BCUT2D eigenvalue weighted by Gasteiger charge is 2.35. The van der Waals surface area contributed by atoms with Gasteiger partial charge in [-0.25, -0.2) is 0 Å². The molecule has 0 unspecified atom stereocenters. The van der Waals surface area contributed by atoms with Gasteiger partial charge in [0.1, 0.15) is 0 Å². The molecule has 0 bridgehead atoms. The average molecular weight is 373 g/mol. The van der Waals surface area contributed by atoms with Crippen LogP contribution in [0.2, 0.25) is 5.02 Å². The summed E-state index contributed by atoms with van der Waals surface area (Å²) in [5.41, 5.74) is 1.63. The van der Waals surface area contributed by atoms with Crippen molar-refractivity contribution in [3.8, 4) is 11.5 Å². The van der Waals surface area contributed by atoms with Crippen LogP contribution in [0.15, 0.2) is 42.5 Å². The van der Waals surface area contributed by atoms with E-state index in [0.717, 1.165) is 5.56 Å². The van der Waals surface area contributed by atoms with Crippen LogP contribution in [0.25, 0.3) is 0 Å². The summed E-state index contributed by atoms with van der Waals surface area (Å²) in [5, 5.41) is 3.46. The van der Waals surface area contributed by atoms with E-state index < -0.39 is 0 Å². The predicted octanol–water partition coefficient (Wildman–Crippen LogP) is 2.74. The zero-order valence-electron chi connectivity index (χ0n) is 13.9. The Kier molecular flexibility index (Phi) is 4.42. The average Bonchev–Trinajstić information content (AvgIpc) is 3.25. The normalized spacial score (nSPS) is 18.3. The van der Waals surface area contributed by atoms with Crippen LogP contribution in [0.4, 0.5) is 5.69 Å². The lowest BCUT2D eigenvalue weighted by Crippen LogP contribution is -2.32. The summed E-state index contributed by atoms with van der Waals surface area (Å²) in [5.74, 6) is 0.796. The minimum Gasteiger partial charge on any atom is -0.454 e. The highest BCUT2D eigenvalue weighted by Crippen LogP contribution is 2.32. The van der Waals surface area contributed by atoms with Crippen LogP contribution in [0.5, 0.6) is 11.5 Å². The molecule has 2 amide bonds. The van der Waals surface area contributed by atoms with Crippen LogP contribution in [-0.2, 0) is 16.1 Å². The predicted molar refractivity (Wildman–Crippen MR) is 96.3 cm³/mol. The number of benzene rings is 2. The van der Waals surface area contributed by atoms with Gasteiger partial charge in [0, 0.05) is 30.2 Å². The van der Waals surface area contributed by atoms with Gasteiger partial charge in [-0.2, -0.15) is 0 Å². The Morgan fingerprint density at radius 2 is 2.04 bits per heavy atom. The maximum Gasteiger partial charge on any atom is 0.231 e. The zero-order chi connectivity index (χ0) is 18.1. The highest BCUT2D eigenvalue weighted by atomic mass is 35.5. The molecule has 1 atom stereocenters. The lowest BCUT2D eigenvalue weighted by molar-refractivity contribution is -0.126. The summed E-state index contributed by atoms with van der Waals surface area (Å²) >= 11 is 5.99. The molecule has 0 radical (unpaired) electrons. The van der Waals surface area contributed by atoms with Crippen molar-refractivity contribution in [2.75, 3.05) is 18.2 Å². The van der Waals surface area contributed by atoms with Crippen LogP contribution in [0.1, 0.15) is 12.0 Å². The van der Waals surface area contributed by atoms with E-state index in [1.165, 1.54) is 0 Å². The fourth-order valence-electron chi connectivity index (χ4n) is 3.16. The molecule has 0 aromatic heterocycles. The quantitative estimate of drug-likeness (QED) is 0.896. The largest absolute Gasteiger partial charge is 0.454 e. The van der Waals surface area contributed by atoms with Crippen molar-refractivity contribution < 1.29 is 19.1 Å². The first-order chi connectivity index (χ1) is 12.6. The second-order valence-corrected chi connectivity index (χ2v) is 6.73. The van der Waals surface area contributed by atoms with Gasteiger partial charge in [-0.05, 0) is 35.9 Å². The van der Waals surface area contributed by atoms with Crippen LogP contribution >= 0.6 is 11.6 Å². The van der Waals surface area contributed by atoms with Crippen LogP contribution in [0.3, 0.4) is 0 Å². The van der Waals surface area contributed by atoms with Crippen molar-refractivity contribution in [3.63, 3.8) is 0 Å². The SMILES string of the molecule is O=C(NCc1ccc2c(c1)OCO2)[C@@H]1CC(=O)N(c2cccc(Cl)c2)C1. The van der Waals surface area contributed by atoms with E-state index in [1.807, 2.05) is 24.3 Å². The van der Waals surface area contributed by atoms with Crippen molar-refractivity contribution in [1.82, 2.24) is 5.32 Å². The lowest BCUT2D eigenvalue weighted by Gasteiger charge is -2.17. The molecule has 2 aliphatic rings. The molecule has 0 spiro atoms. The summed E-state index contributed by atoms with van der Waals surface area (Å²) in [6.07, 6.45) is 0.194. The minimum atomic E-state index is -0.379. The van der Waals surface area contributed by atoms with Gasteiger partial charge in [0.15, 0.2) is 11.5 Å². The molecule has 26 heavy (non-hydrogen) atoms. The fraction of sp³-hybridized carbons (Fsp3) is 0.263. The third kappa shape index (κ3) is 3.32. The molecular weight excluding hydrogens is 356 g/mol. The van der Waals surface area contributed by atoms with E-state index >= 15 is 0 Å². The molecule has 1 N–H and O–H groups in total. The van der Waals surface area contributed by atoms with Crippen molar-refractivity contribution in [2.45, 2.75) is 13.0 Å². The van der Waals surface area contributed by atoms with Crippen molar-refractivity contribution in [3.05, 3.63) is 53.1 Å². The first-order valence-corrected chi connectivity index (χ1v) is 8.70. The van der Waals surface area contributed by atoms with E-state index in [4.69, 9.17) is 21.1 Å². The van der Waals surface area contributed by atoms with E-state index in [9.17, 15) is 9.59 Å². The van der Waals surface area contributed by atoms with Gasteiger partial charge in [0.2, 0.25) is 18.6 Å². The molecule has 1 fully saturated rings. The number of nitrogens with zero attached hydrogens (tertiary/aromatic N) is 1. The van der Waals surface area contributed by atoms with E-state index in [0.29, 0.717) is 35.3 Å². The second-order valence-electron chi connectivity index (χ2n) is 6.29. The Bertz CT molecular complexity index is 870. The van der Waals surface area contributed by atoms with Crippen molar-refractivity contribution in [2.24, 2.45) is 5.92 Å². The minimum absolute atomic E-state index is 0.0736. The molecule has 4 rings (SSSR count).